The highest BCUT2D eigenvalue weighted by Crippen LogP contribution is 2.46. The molecule has 0 unspecified atom stereocenters. The van der Waals surface area contributed by atoms with Crippen molar-refractivity contribution >= 4 is 71.3 Å². The quantitative estimate of drug-likeness (QED) is 0.160. The second kappa shape index (κ2) is 13.2. The molecule has 0 saturated heterocycles. The van der Waals surface area contributed by atoms with E-state index in [2.05, 4.69) is 211 Å². The van der Waals surface area contributed by atoms with Gasteiger partial charge in [-0.05, 0) is 109 Å². The van der Waals surface area contributed by atoms with Crippen molar-refractivity contribution in [1.29, 1.82) is 0 Å². The lowest BCUT2D eigenvalue weighted by Gasteiger charge is -2.28. The summed E-state index contributed by atoms with van der Waals surface area (Å²) < 4.78 is 6.42. The van der Waals surface area contributed by atoms with Crippen molar-refractivity contribution in [3.63, 3.8) is 0 Å². The molecule has 0 bridgehead atoms. The zero-order chi connectivity index (χ0) is 37.0. The highest BCUT2D eigenvalue weighted by molar-refractivity contribution is 6.14. The van der Waals surface area contributed by atoms with E-state index in [1.54, 1.807) is 0 Å². The fourth-order valence-corrected chi connectivity index (χ4v) is 8.47. The summed E-state index contributed by atoms with van der Waals surface area (Å²) in [6.07, 6.45) is 0. The van der Waals surface area contributed by atoms with Crippen LogP contribution in [-0.4, -0.2) is 0 Å². The summed E-state index contributed by atoms with van der Waals surface area (Å²) in [5.41, 5.74) is 12.1. The molecule has 0 aliphatic heterocycles. The number of fused-ring (bicyclic) bond motifs is 7. The van der Waals surface area contributed by atoms with E-state index in [-0.39, 0.29) is 0 Å². The van der Waals surface area contributed by atoms with Crippen LogP contribution in [0, 0.1) is 0 Å². The van der Waals surface area contributed by atoms with Crippen LogP contribution in [0.1, 0.15) is 0 Å². The minimum atomic E-state index is 0.867. The van der Waals surface area contributed by atoms with Crippen molar-refractivity contribution in [2.75, 3.05) is 4.90 Å². The molecule has 11 rings (SSSR count). The Hall–Kier alpha value is -7.42. The van der Waals surface area contributed by atoms with Crippen molar-refractivity contribution < 1.29 is 4.42 Å². The van der Waals surface area contributed by atoms with Gasteiger partial charge in [-0.25, -0.2) is 0 Å². The highest BCUT2D eigenvalue weighted by Gasteiger charge is 2.22. The normalized spacial score (nSPS) is 11.6. The van der Waals surface area contributed by atoms with Crippen molar-refractivity contribution in [3.8, 4) is 33.4 Å². The second-order valence-corrected chi connectivity index (χ2v) is 14.5. The molecule has 0 aliphatic rings. The number of furan rings is 1. The van der Waals surface area contributed by atoms with Gasteiger partial charge >= 0.3 is 0 Å². The maximum Gasteiger partial charge on any atom is 0.137 e. The van der Waals surface area contributed by atoms with Crippen LogP contribution in [0.2, 0.25) is 0 Å². The summed E-state index contributed by atoms with van der Waals surface area (Å²) in [4.78, 5) is 2.40. The molecule has 0 fully saturated rings. The molecular weight excluding hydrogens is 679 g/mol. The Balaban J connectivity index is 1.04. The van der Waals surface area contributed by atoms with E-state index in [0.717, 1.165) is 50.1 Å². The molecule has 0 saturated carbocycles. The first kappa shape index (κ1) is 32.0. The van der Waals surface area contributed by atoms with Crippen LogP contribution in [0.25, 0.3) is 87.6 Å². The van der Waals surface area contributed by atoms with Crippen LogP contribution in [0.4, 0.5) is 17.1 Å². The first-order chi connectivity index (χ1) is 27.7. The number of benzene rings is 10. The monoisotopic (exact) mass is 713 g/mol. The number of nitrogens with zero attached hydrogens (tertiary/aromatic N) is 1. The molecule has 56 heavy (non-hydrogen) atoms. The van der Waals surface area contributed by atoms with Gasteiger partial charge in [0.15, 0.2) is 0 Å². The second-order valence-electron chi connectivity index (χ2n) is 14.5. The zero-order valence-corrected chi connectivity index (χ0v) is 30.6. The first-order valence-corrected chi connectivity index (χ1v) is 19.2. The minimum absolute atomic E-state index is 0.867. The van der Waals surface area contributed by atoms with E-state index < -0.39 is 0 Å². The number of para-hydroxylation sites is 2. The fraction of sp³-hybridized carbons (Fsp3) is 0. The van der Waals surface area contributed by atoms with Crippen LogP contribution in [-0.2, 0) is 0 Å². The van der Waals surface area contributed by atoms with Crippen molar-refractivity contribution in [2.24, 2.45) is 0 Å². The van der Waals surface area contributed by atoms with E-state index in [0.29, 0.717) is 0 Å². The first-order valence-electron chi connectivity index (χ1n) is 19.2. The van der Waals surface area contributed by atoms with Gasteiger partial charge < -0.3 is 9.32 Å². The predicted octanol–water partition coefficient (Wildman–Crippen LogP) is 15.5. The molecule has 1 heterocycles. The Morgan fingerprint density at radius 1 is 0.304 bits per heavy atom. The van der Waals surface area contributed by atoms with Gasteiger partial charge in [0.05, 0.1) is 16.8 Å². The third-order valence-electron chi connectivity index (χ3n) is 11.2. The topological polar surface area (TPSA) is 16.4 Å². The molecule has 1 aromatic heterocycles. The average Bonchev–Trinajstić information content (AvgIpc) is 3.66. The lowest BCUT2D eigenvalue weighted by molar-refractivity contribution is 0.669. The lowest BCUT2D eigenvalue weighted by atomic mass is 9.96. The maximum atomic E-state index is 6.42. The molecule has 0 amide bonds. The Kier molecular flexibility index (Phi) is 7.53. The Bertz CT molecular complexity index is 3250. The van der Waals surface area contributed by atoms with Gasteiger partial charge in [0.2, 0.25) is 0 Å². The van der Waals surface area contributed by atoms with Gasteiger partial charge in [-0.15, -0.1) is 0 Å². The molecule has 2 nitrogen and oxygen atoms in total. The summed E-state index contributed by atoms with van der Waals surface area (Å²) >= 11 is 0. The SMILES string of the molecule is c1ccc(N(c2ccc(-c3ccc4c(ccc5ccccc54)c3)cc2)c2cccc3oc4ccccc4c23)c(-c2ccc(-c3ccc4ccccc4c3)cc2)c1. The van der Waals surface area contributed by atoms with Gasteiger partial charge in [-0.1, -0.05) is 164 Å². The predicted molar refractivity (Wildman–Crippen MR) is 237 cm³/mol. The maximum absolute atomic E-state index is 6.42. The summed E-state index contributed by atoms with van der Waals surface area (Å²) in [6, 6.07) is 76.5. The van der Waals surface area contributed by atoms with Crippen LogP contribution in [0.15, 0.2) is 217 Å². The molecule has 11 aromatic rings. The van der Waals surface area contributed by atoms with Crippen molar-refractivity contribution in [1.82, 2.24) is 0 Å². The van der Waals surface area contributed by atoms with Gasteiger partial charge in [-0.3, -0.25) is 0 Å². The smallest absolute Gasteiger partial charge is 0.137 e. The van der Waals surface area contributed by atoms with Crippen LogP contribution < -0.4 is 4.90 Å². The Morgan fingerprint density at radius 3 is 1.68 bits per heavy atom. The third-order valence-corrected chi connectivity index (χ3v) is 11.2. The molecule has 0 N–H and O–H groups in total. The van der Waals surface area contributed by atoms with E-state index in [1.165, 1.54) is 54.6 Å². The Labute approximate surface area is 325 Å². The number of hydrogen-bond acceptors (Lipinski definition) is 2. The molecule has 2 heteroatoms. The fourth-order valence-electron chi connectivity index (χ4n) is 8.47. The largest absolute Gasteiger partial charge is 0.456 e. The molecular formula is C54H35NO. The van der Waals surface area contributed by atoms with Crippen LogP contribution in [0.3, 0.4) is 0 Å². The van der Waals surface area contributed by atoms with E-state index in [1.807, 2.05) is 6.07 Å². The number of hydrogen-bond donors (Lipinski definition) is 0. The molecule has 10 aromatic carbocycles. The highest BCUT2D eigenvalue weighted by atomic mass is 16.3. The Morgan fingerprint density at radius 2 is 0.839 bits per heavy atom. The van der Waals surface area contributed by atoms with Gasteiger partial charge in [0, 0.05) is 16.6 Å². The summed E-state index contributed by atoms with van der Waals surface area (Å²) in [5, 5.41) is 9.75. The summed E-state index contributed by atoms with van der Waals surface area (Å²) in [7, 11) is 0. The van der Waals surface area contributed by atoms with E-state index >= 15 is 0 Å². The summed E-state index contributed by atoms with van der Waals surface area (Å²) in [6.45, 7) is 0. The van der Waals surface area contributed by atoms with Gasteiger partial charge in [-0.2, -0.15) is 0 Å². The van der Waals surface area contributed by atoms with Crippen LogP contribution in [0.5, 0.6) is 0 Å². The third kappa shape index (κ3) is 5.42. The molecule has 0 radical (unpaired) electrons. The van der Waals surface area contributed by atoms with E-state index in [4.69, 9.17) is 4.42 Å². The van der Waals surface area contributed by atoms with Crippen molar-refractivity contribution in [2.45, 2.75) is 0 Å². The molecule has 0 aliphatic carbocycles. The standard InChI is InChI=1S/C54H35NO/c1-2-12-41-34-42(26-22-36(41)10-1)37-20-23-40(24-21-37)48-14-5-7-16-50(48)55(51-17-9-19-53-54(51)49-15-6-8-18-52(49)56-53)45-31-28-38(29-32-45)43-30-33-47-44(35-43)27-25-39-11-3-4-13-46(39)47/h1-35H. The number of rotatable bonds is 6. The number of anilines is 3. The molecule has 0 spiro atoms. The van der Waals surface area contributed by atoms with Crippen molar-refractivity contribution in [3.05, 3.63) is 212 Å². The molecule has 0 atom stereocenters. The zero-order valence-electron chi connectivity index (χ0n) is 30.6. The molecule has 262 valence electrons. The average molecular weight is 714 g/mol. The minimum Gasteiger partial charge on any atom is -0.456 e. The lowest BCUT2D eigenvalue weighted by Crippen LogP contribution is -2.11. The van der Waals surface area contributed by atoms with Gasteiger partial charge in [0.1, 0.15) is 11.2 Å². The van der Waals surface area contributed by atoms with E-state index in [9.17, 15) is 0 Å². The van der Waals surface area contributed by atoms with Crippen LogP contribution >= 0.6 is 0 Å². The summed E-state index contributed by atoms with van der Waals surface area (Å²) in [5.74, 6) is 0. The van der Waals surface area contributed by atoms with Gasteiger partial charge in [0.25, 0.3) is 0 Å².